The van der Waals surface area contributed by atoms with Gasteiger partial charge in [-0.15, -0.1) is 0 Å². The summed E-state index contributed by atoms with van der Waals surface area (Å²) >= 11 is 0. The van der Waals surface area contributed by atoms with Crippen molar-refractivity contribution in [1.82, 2.24) is 0 Å². The molecular weight excluding hydrogens is 244 g/mol. The van der Waals surface area contributed by atoms with Crippen LogP contribution in [0, 0.1) is 11.6 Å². The third kappa shape index (κ3) is 2.05. The van der Waals surface area contributed by atoms with E-state index in [4.69, 9.17) is 0 Å². The molecule has 1 aliphatic heterocycles. The minimum Gasteiger partial charge on any atom is -0.467 e. The second-order valence-corrected chi connectivity index (χ2v) is 3.94. The first-order valence-corrected chi connectivity index (χ1v) is 5.39. The topological polar surface area (TPSA) is 46.6 Å². The lowest BCUT2D eigenvalue weighted by Gasteiger charge is -2.22. The predicted octanol–water partition coefficient (Wildman–Crippen LogP) is 1.63. The molecule has 0 N–H and O–H groups in total. The molecule has 1 saturated heterocycles. The van der Waals surface area contributed by atoms with Gasteiger partial charge in [-0.25, -0.2) is 13.6 Å². The van der Waals surface area contributed by atoms with Crippen molar-refractivity contribution in [2.75, 3.05) is 12.0 Å². The summed E-state index contributed by atoms with van der Waals surface area (Å²) in [5.74, 6) is -2.93. The maximum Gasteiger partial charge on any atom is 0.328 e. The Bertz CT molecular complexity index is 504. The number of anilines is 1. The van der Waals surface area contributed by atoms with Gasteiger partial charge in [-0.1, -0.05) is 0 Å². The summed E-state index contributed by atoms with van der Waals surface area (Å²) in [6.45, 7) is 0. The fraction of sp³-hybridized carbons (Fsp3) is 0.333. The Kier molecular flexibility index (Phi) is 3.27. The van der Waals surface area contributed by atoms with Crippen molar-refractivity contribution < 1.29 is 23.1 Å². The molecule has 1 fully saturated rings. The van der Waals surface area contributed by atoms with Crippen LogP contribution in [0.1, 0.15) is 12.8 Å². The molecule has 1 atom stereocenters. The summed E-state index contributed by atoms with van der Waals surface area (Å²) in [6.07, 6.45) is 0.489. The number of rotatable bonds is 2. The van der Waals surface area contributed by atoms with Gasteiger partial charge in [0.2, 0.25) is 5.91 Å². The molecule has 1 aliphatic rings. The summed E-state index contributed by atoms with van der Waals surface area (Å²) in [5, 5.41) is 0. The summed E-state index contributed by atoms with van der Waals surface area (Å²) < 4.78 is 30.6. The van der Waals surface area contributed by atoms with Crippen LogP contribution in [0.3, 0.4) is 0 Å². The fourth-order valence-electron chi connectivity index (χ4n) is 2.00. The lowest BCUT2D eigenvalue weighted by Crippen LogP contribution is -2.39. The number of benzene rings is 1. The Morgan fingerprint density at radius 2 is 2.11 bits per heavy atom. The van der Waals surface area contributed by atoms with E-state index >= 15 is 0 Å². The zero-order chi connectivity index (χ0) is 13.3. The van der Waals surface area contributed by atoms with Gasteiger partial charge in [0.05, 0.1) is 7.11 Å². The number of hydrogen-bond donors (Lipinski definition) is 0. The molecule has 1 unspecified atom stereocenters. The van der Waals surface area contributed by atoms with Crippen LogP contribution in [0.5, 0.6) is 0 Å². The van der Waals surface area contributed by atoms with E-state index in [1.54, 1.807) is 0 Å². The molecular formula is C12H11F2NO3. The van der Waals surface area contributed by atoms with Gasteiger partial charge in [0.25, 0.3) is 0 Å². The van der Waals surface area contributed by atoms with Crippen LogP contribution in [0.2, 0.25) is 0 Å². The first kappa shape index (κ1) is 12.5. The lowest BCUT2D eigenvalue weighted by atomic mass is 10.2. The van der Waals surface area contributed by atoms with Gasteiger partial charge in [-0.3, -0.25) is 9.69 Å². The van der Waals surface area contributed by atoms with Crippen molar-refractivity contribution in [2.24, 2.45) is 0 Å². The molecule has 0 aliphatic carbocycles. The Morgan fingerprint density at radius 1 is 1.39 bits per heavy atom. The van der Waals surface area contributed by atoms with E-state index in [2.05, 4.69) is 4.74 Å². The molecule has 0 saturated carbocycles. The number of methoxy groups -OCH3 is 1. The quantitative estimate of drug-likeness (QED) is 0.755. The summed E-state index contributed by atoms with van der Waals surface area (Å²) in [5.41, 5.74) is 0.159. The Hall–Kier alpha value is -1.98. The number of ether oxygens (including phenoxy) is 1. The largest absolute Gasteiger partial charge is 0.467 e. The second kappa shape index (κ2) is 4.72. The monoisotopic (exact) mass is 255 g/mol. The van der Waals surface area contributed by atoms with Crippen LogP contribution < -0.4 is 4.90 Å². The number of carbonyl (C=O) groups excluding carboxylic acids is 2. The highest BCUT2D eigenvalue weighted by atomic mass is 19.2. The van der Waals surface area contributed by atoms with Gasteiger partial charge in [0.1, 0.15) is 6.04 Å². The van der Waals surface area contributed by atoms with Crippen LogP contribution in [-0.4, -0.2) is 25.0 Å². The van der Waals surface area contributed by atoms with Crippen molar-refractivity contribution in [3.8, 4) is 0 Å². The van der Waals surface area contributed by atoms with Crippen molar-refractivity contribution in [3.05, 3.63) is 29.8 Å². The van der Waals surface area contributed by atoms with Crippen molar-refractivity contribution in [1.29, 1.82) is 0 Å². The molecule has 18 heavy (non-hydrogen) atoms. The van der Waals surface area contributed by atoms with Gasteiger partial charge in [0, 0.05) is 18.2 Å². The zero-order valence-electron chi connectivity index (χ0n) is 9.65. The molecule has 0 bridgehead atoms. The van der Waals surface area contributed by atoms with Gasteiger partial charge >= 0.3 is 5.97 Å². The minimum absolute atomic E-state index is 0.159. The van der Waals surface area contributed by atoms with E-state index < -0.39 is 23.6 Å². The van der Waals surface area contributed by atoms with Crippen LogP contribution in [0.25, 0.3) is 0 Å². The first-order valence-electron chi connectivity index (χ1n) is 5.39. The normalized spacial score (nSPS) is 19.2. The summed E-state index contributed by atoms with van der Waals surface area (Å²) in [7, 11) is 1.22. The highest BCUT2D eigenvalue weighted by Gasteiger charge is 2.38. The molecule has 1 amide bonds. The number of halogens is 2. The van der Waals surface area contributed by atoms with E-state index in [-0.39, 0.29) is 18.0 Å². The number of esters is 1. The third-order valence-corrected chi connectivity index (χ3v) is 2.87. The molecule has 0 spiro atoms. The number of hydrogen-bond acceptors (Lipinski definition) is 3. The molecule has 4 nitrogen and oxygen atoms in total. The van der Waals surface area contributed by atoms with Gasteiger partial charge in [-0.05, 0) is 18.6 Å². The maximum absolute atomic E-state index is 13.1. The Morgan fingerprint density at radius 3 is 2.72 bits per heavy atom. The van der Waals surface area contributed by atoms with Gasteiger partial charge in [-0.2, -0.15) is 0 Å². The van der Waals surface area contributed by atoms with Crippen LogP contribution in [0.4, 0.5) is 14.5 Å². The highest BCUT2D eigenvalue weighted by Crippen LogP contribution is 2.28. The predicted molar refractivity (Wildman–Crippen MR) is 58.9 cm³/mol. The highest BCUT2D eigenvalue weighted by molar-refractivity contribution is 6.02. The zero-order valence-corrected chi connectivity index (χ0v) is 9.65. The minimum atomic E-state index is -1.06. The SMILES string of the molecule is COC(=O)C1CCC(=O)N1c1ccc(F)c(F)c1. The van der Waals surface area contributed by atoms with Crippen LogP contribution >= 0.6 is 0 Å². The molecule has 0 radical (unpaired) electrons. The second-order valence-electron chi connectivity index (χ2n) is 3.94. The van der Waals surface area contributed by atoms with Crippen molar-refractivity contribution in [2.45, 2.75) is 18.9 Å². The molecule has 6 heteroatoms. The molecule has 1 aromatic carbocycles. The van der Waals surface area contributed by atoms with Gasteiger partial charge in [0.15, 0.2) is 11.6 Å². The van der Waals surface area contributed by atoms with E-state index in [1.807, 2.05) is 0 Å². The molecule has 0 aromatic heterocycles. The van der Waals surface area contributed by atoms with E-state index in [1.165, 1.54) is 13.2 Å². The Labute approximate surface area is 102 Å². The molecule has 1 heterocycles. The number of nitrogens with zero attached hydrogens (tertiary/aromatic N) is 1. The van der Waals surface area contributed by atoms with E-state index in [9.17, 15) is 18.4 Å². The van der Waals surface area contributed by atoms with Crippen LogP contribution in [-0.2, 0) is 14.3 Å². The molecule has 2 rings (SSSR count). The summed E-state index contributed by atoms with van der Waals surface area (Å²) in [6, 6.07) is 2.31. The average Bonchev–Trinajstić information content (AvgIpc) is 2.74. The Balaban J connectivity index is 2.36. The van der Waals surface area contributed by atoms with Crippen LogP contribution in [0.15, 0.2) is 18.2 Å². The lowest BCUT2D eigenvalue weighted by molar-refractivity contribution is -0.142. The standard InChI is InChI=1S/C12H11F2NO3/c1-18-12(17)10-4-5-11(16)15(10)7-2-3-8(13)9(14)6-7/h2-3,6,10H,4-5H2,1H3. The smallest absolute Gasteiger partial charge is 0.328 e. The van der Waals surface area contributed by atoms with E-state index in [0.29, 0.717) is 6.42 Å². The number of amides is 1. The van der Waals surface area contributed by atoms with Crippen molar-refractivity contribution >= 4 is 17.6 Å². The third-order valence-electron chi connectivity index (χ3n) is 2.87. The molecule has 1 aromatic rings. The summed E-state index contributed by atoms with van der Waals surface area (Å²) in [4.78, 5) is 24.4. The van der Waals surface area contributed by atoms with Gasteiger partial charge < -0.3 is 4.74 Å². The van der Waals surface area contributed by atoms with E-state index in [0.717, 1.165) is 17.0 Å². The first-order chi connectivity index (χ1) is 8.54. The fourth-order valence-corrected chi connectivity index (χ4v) is 2.00. The van der Waals surface area contributed by atoms with Crippen molar-refractivity contribution in [3.63, 3.8) is 0 Å². The maximum atomic E-state index is 13.1. The average molecular weight is 255 g/mol. The molecule has 96 valence electrons. The number of carbonyl (C=O) groups is 2.